The summed E-state index contributed by atoms with van der Waals surface area (Å²) in [6, 6.07) is 11.0. The number of halogens is 4. The first-order valence-corrected chi connectivity index (χ1v) is 9.55. The van der Waals surface area contributed by atoms with Gasteiger partial charge in [0, 0.05) is 12.6 Å². The average molecular weight is 487 g/mol. The molecule has 30 heavy (non-hydrogen) atoms. The normalized spacial score (nSPS) is 10.8. The molecule has 160 valence electrons. The van der Waals surface area contributed by atoms with Gasteiger partial charge in [0.1, 0.15) is 5.75 Å². The zero-order chi connectivity index (χ0) is 22.1. The van der Waals surface area contributed by atoms with Crippen LogP contribution in [0.2, 0.25) is 0 Å². The molecule has 0 aliphatic rings. The largest absolute Gasteiger partial charge is 0.490 e. The zero-order valence-corrected chi connectivity index (χ0v) is 17.5. The number of ether oxygens (including phenoxy) is 3. The summed E-state index contributed by atoms with van der Waals surface area (Å²) < 4.78 is 52.9. The van der Waals surface area contributed by atoms with Crippen LogP contribution in [0.1, 0.15) is 18.1 Å². The van der Waals surface area contributed by atoms with E-state index >= 15 is 0 Å². The summed E-state index contributed by atoms with van der Waals surface area (Å²) in [5.74, 6) is 0.216. The Labute approximate surface area is 179 Å². The van der Waals surface area contributed by atoms with Crippen molar-refractivity contribution in [1.29, 1.82) is 5.26 Å². The van der Waals surface area contributed by atoms with Crippen molar-refractivity contribution in [3.8, 4) is 23.3 Å². The molecule has 0 heterocycles. The van der Waals surface area contributed by atoms with Gasteiger partial charge in [-0.1, -0.05) is 12.1 Å². The maximum atomic E-state index is 12.2. The van der Waals surface area contributed by atoms with Gasteiger partial charge in [-0.3, -0.25) is 4.79 Å². The van der Waals surface area contributed by atoms with E-state index in [4.69, 9.17) is 14.7 Å². The van der Waals surface area contributed by atoms with Crippen molar-refractivity contribution in [3.63, 3.8) is 0 Å². The number of hydrogen-bond donors (Lipinski definition) is 1. The van der Waals surface area contributed by atoms with E-state index in [1.165, 1.54) is 24.3 Å². The van der Waals surface area contributed by atoms with Gasteiger partial charge in [0.2, 0.25) is 0 Å². The van der Waals surface area contributed by atoms with Crippen LogP contribution >= 0.6 is 15.9 Å². The van der Waals surface area contributed by atoms with Crippen LogP contribution < -0.4 is 19.5 Å². The number of nitrogens with zero attached hydrogens (tertiary/aromatic N) is 1. The molecule has 0 saturated carbocycles. The molecule has 0 fully saturated rings. The molecule has 0 aliphatic carbocycles. The molecule has 6 nitrogen and oxygen atoms in total. The summed E-state index contributed by atoms with van der Waals surface area (Å²) >= 11 is 3.29. The fourth-order valence-corrected chi connectivity index (χ4v) is 2.89. The lowest BCUT2D eigenvalue weighted by molar-refractivity contribution is -0.153. The van der Waals surface area contributed by atoms with Gasteiger partial charge in [0.05, 0.1) is 22.7 Å². The van der Waals surface area contributed by atoms with Crippen molar-refractivity contribution in [2.75, 3.05) is 19.8 Å². The van der Waals surface area contributed by atoms with Gasteiger partial charge >= 0.3 is 6.18 Å². The molecule has 1 amide bonds. The van der Waals surface area contributed by atoms with Crippen LogP contribution in [0.4, 0.5) is 13.2 Å². The summed E-state index contributed by atoms with van der Waals surface area (Å²) in [5, 5.41) is 11.7. The minimum atomic E-state index is -4.43. The van der Waals surface area contributed by atoms with Crippen LogP contribution in [0.15, 0.2) is 40.9 Å². The fraction of sp³-hybridized carbons (Fsp3) is 0.300. The Morgan fingerprint density at radius 2 is 1.97 bits per heavy atom. The first kappa shape index (κ1) is 23.3. The number of amides is 1. The number of alkyl halides is 3. The van der Waals surface area contributed by atoms with Crippen LogP contribution in [-0.2, 0) is 11.3 Å². The summed E-state index contributed by atoms with van der Waals surface area (Å²) in [6.07, 6.45) is -4.43. The van der Waals surface area contributed by atoms with E-state index in [9.17, 15) is 18.0 Å². The van der Waals surface area contributed by atoms with Crippen molar-refractivity contribution in [3.05, 3.63) is 52.0 Å². The molecule has 2 aromatic rings. The van der Waals surface area contributed by atoms with Crippen LogP contribution in [0.3, 0.4) is 0 Å². The quantitative estimate of drug-likeness (QED) is 0.569. The maximum Gasteiger partial charge on any atom is 0.422 e. The van der Waals surface area contributed by atoms with Crippen molar-refractivity contribution in [2.24, 2.45) is 0 Å². The van der Waals surface area contributed by atoms with Crippen molar-refractivity contribution in [2.45, 2.75) is 19.6 Å². The van der Waals surface area contributed by atoms with Gasteiger partial charge in [-0.15, -0.1) is 0 Å². The number of hydrogen-bond acceptors (Lipinski definition) is 5. The smallest absolute Gasteiger partial charge is 0.422 e. The lowest BCUT2D eigenvalue weighted by Crippen LogP contribution is -2.28. The van der Waals surface area contributed by atoms with Gasteiger partial charge < -0.3 is 19.5 Å². The van der Waals surface area contributed by atoms with E-state index in [-0.39, 0.29) is 24.7 Å². The number of nitrogens with one attached hydrogen (secondary N) is 1. The molecular weight excluding hydrogens is 469 g/mol. The van der Waals surface area contributed by atoms with Crippen molar-refractivity contribution < 1.29 is 32.2 Å². The van der Waals surface area contributed by atoms with Crippen LogP contribution in [0.5, 0.6) is 17.2 Å². The second-order valence-corrected chi connectivity index (χ2v) is 6.80. The lowest BCUT2D eigenvalue weighted by Gasteiger charge is -2.14. The molecule has 0 aromatic heterocycles. The molecule has 0 aliphatic heterocycles. The zero-order valence-electron chi connectivity index (χ0n) is 15.9. The highest BCUT2D eigenvalue weighted by Crippen LogP contribution is 2.36. The van der Waals surface area contributed by atoms with E-state index in [1.807, 2.05) is 6.07 Å². The van der Waals surface area contributed by atoms with Crippen molar-refractivity contribution in [1.82, 2.24) is 5.32 Å². The molecule has 0 spiro atoms. The highest BCUT2D eigenvalue weighted by molar-refractivity contribution is 9.10. The third kappa shape index (κ3) is 7.48. The van der Waals surface area contributed by atoms with Gasteiger partial charge in [-0.25, -0.2) is 0 Å². The average Bonchev–Trinajstić information content (AvgIpc) is 2.70. The summed E-state index contributed by atoms with van der Waals surface area (Å²) in [4.78, 5) is 12.1. The third-order valence-electron chi connectivity index (χ3n) is 3.58. The summed E-state index contributed by atoms with van der Waals surface area (Å²) in [6.45, 7) is 0.484. The molecule has 10 heteroatoms. The predicted molar refractivity (Wildman–Crippen MR) is 105 cm³/mol. The van der Waals surface area contributed by atoms with E-state index in [1.54, 1.807) is 19.1 Å². The molecule has 0 unspecified atom stereocenters. The van der Waals surface area contributed by atoms with Crippen molar-refractivity contribution >= 4 is 21.8 Å². The highest BCUT2D eigenvalue weighted by Gasteiger charge is 2.28. The van der Waals surface area contributed by atoms with Crippen LogP contribution in [0, 0.1) is 11.3 Å². The monoisotopic (exact) mass is 486 g/mol. The topological polar surface area (TPSA) is 80.6 Å². The molecule has 0 atom stereocenters. The number of carbonyl (C=O) groups is 1. The Morgan fingerprint density at radius 3 is 2.63 bits per heavy atom. The Bertz CT molecular complexity index is 929. The van der Waals surface area contributed by atoms with E-state index in [0.717, 1.165) is 0 Å². The van der Waals surface area contributed by atoms with Gasteiger partial charge in [-0.05, 0) is 46.6 Å². The van der Waals surface area contributed by atoms with Gasteiger partial charge in [0.15, 0.2) is 24.7 Å². The Kier molecular flexibility index (Phi) is 8.35. The Morgan fingerprint density at radius 1 is 1.20 bits per heavy atom. The molecule has 0 bridgehead atoms. The molecular formula is C20H18BrF3N2O4. The lowest BCUT2D eigenvalue weighted by atomic mass is 10.2. The Balaban J connectivity index is 1.92. The van der Waals surface area contributed by atoms with E-state index < -0.39 is 18.7 Å². The highest BCUT2D eigenvalue weighted by atomic mass is 79.9. The van der Waals surface area contributed by atoms with Gasteiger partial charge in [0.25, 0.3) is 5.91 Å². The second kappa shape index (κ2) is 10.7. The third-order valence-corrected chi connectivity index (χ3v) is 4.17. The fourth-order valence-electron chi connectivity index (χ4n) is 2.34. The minimum Gasteiger partial charge on any atom is -0.490 e. The molecule has 1 N–H and O–H groups in total. The number of nitriles is 1. The molecule has 2 rings (SSSR count). The number of rotatable bonds is 9. The second-order valence-electron chi connectivity index (χ2n) is 5.95. The van der Waals surface area contributed by atoms with Crippen LogP contribution in [-0.4, -0.2) is 31.9 Å². The summed E-state index contributed by atoms with van der Waals surface area (Å²) in [5.41, 5.74) is 0.937. The minimum absolute atomic E-state index is 0.0539. The maximum absolute atomic E-state index is 12.2. The standard InChI is InChI=1S/C20H18BrF3N2O4/c1-2-28-17-8-14(9-25)7-16(21)19(17)29-11-18(27)26-10-13-4-3-5-15(6-13)30-12-20(22,23)24/h3-8H,2,10-12H2,1H3,(H,26,27). The van der Waals surface area contributed by atoms with Crippen LogP contribution in [0.25, 0.3) is 0 Å². The molecule has 0 radical (unpaired) electrons. The van der Waals surface area contributed by atoms with E-state index in [0.29, 0.717) is 28.0 Å². The SMILES string of the molecule is CCOc1cc(C#N)cc(Br)c1OCC(=O)NCc1cccc(OCC(F)(F)F)c1. The molecule has 0 saturated heterocycles. The molecule has 2 aromatic carbocycles. The first-order valence-electron chi connectivity index (χ1n) is 8.76. The number of carbonyl (C=O) groups excluding carboxylic acids is 1. The predicted octanol–water partition coefficient (Wildman–Crippen LogP) is 4.36. The summed E-state index contributed by atoms with van der Waals surface area (Å²) in [7, 11) is 0. The number of benzene rings is 2. The van der Waals surface area contributed by atoms with Gasteiger partial charge in [-0.2, -0.15) is 18.4 Å². The Hall–Kier alpha value is -2.93. The first-order chi connectivity index (χ1) is 14.2. The van der Waals surface area contributed by atoms with E-state index in [2.05, 4.69) is 26.0 Å².